The molecular formula is C22H26N4O3. The van der Waals surface area contributed by atoms with Crippen LogP contribution >= 0.6 is 0 Å². The lowest BCUT2D eigenvalue weighted by molar-refractivity contribution is -0.117. The number of fused-ring (bicyclic) bond motifs is 1. The molecule has 1 fully saturated rings. The van der Waals surface area contributed by atoms with Crippen molar-refractivity contribution >= 4 is 23.2 Å². The van der Waals surface area contributed by atoms with Crippen LogP contribution in [-0.2, 0) is 11.8 Å². The predicted octanol–water partition coefficient (Wildman–Crippen LogP) is 2.42. The van der Waals surface area contributed by atoms with Gasteiger partial charge in [-0.05, 0) is 54.7 Å². The van der Waals surface area contributed by atoms with Crippen molar-refractivity contribution in [2.45, 2.75) is 38.8 Å². The molecule has 3 N–H and O–H groups in total. The lowest BCUT2D eigenvalue weighted by Gasteiger charge is -2.46. The van der Waals surface area contributed by atoms with E-state index in [2.05, 4.69) is 12.2 Å². The Balaban J connectivity index is 1.86. The molecule has 1 aliphatic carbocycles. The van der Waals surface area contributed by atoms with Gasteiger partial charge in [-0.3, -0.25) is 14.4 Å². The normalized spacial score (nSPS) is 23.4. The Bertz CT molecular complexity index is 1040. The summed E-state index contributed by atoms with van der Waals surface area (Å²) in [7, 11) is 1.71. The summed E-state index contributed by atoms with van der Waals surface area (Å²) in [6.07, 6.45) is 3.89. The number of nitrogens with one attached hydrogen (secondary N) is 1. The highest BCUT2D eigenvalue weighted by atomic mass is 16.2. The summed E-state index contributed by atoms with van der Waals surface area (Å²) >= 11 is 0. The number of nitrogens with two attached hydrogens (primary N) is 1. The fourth-order valence-electron chi connectivity index (χ4n) is 4.59. The van der Waals surface area contributed by atoms with Crippen LogP contribution < -0.4 is 21.5 Å². The van der Waals surface area contributed by atoms with Gasteiger partial charge in [0.2, 0.25) is 11.8 Å². The standard InChI is InChI=1S/C22H26N4O3/c1-12-19(24-17-5-4-10-25(3)22(17)29)16-11-15(21(23)28)8-9-18(16)26(13(2)27)20(12)14-6-7-14/h4-5,8-12,14,19-20,24H,6-7H2,1-3H3,(H2,23,28)/t12-,19-,20-/m1/s1. The minimum absolute atomic E-state index is 0.0177. The summed E-state index contributed by atoms with van der Waals surface area (Å²) in [5.41, 5.74) is 7.86. The topological polar surface area (TPSA) is 97.4 Å². The minimum atomic E-state index is -0.520. The summed E-state index contributed by atoms with van der Waals surface area (Å²) in [6, 6.07) is 8.61. The van der Waals surface area contributed by atoms with Crippen molar-refractivity contribution in [3.05, 3.63) is 58.0 Å². The van der Waals surface area contributed by atoms with Crippen LogP contribution in [0.3, 0.4) is 0 Å². The van der Waals surface area contributed by atoms with Crippen LogP contribution in [0.25, 0.3) is 0 Å². The highest BCUT2D eigenvalue weighted by Gasteiger charge is 2.47. The number of amides is 2. The predicted molar refractivity (Wildman–Crippen MR) is 112 cm³/mol. The van der Waals surface area contributed by atoms with E-state index in [0.29, 0.717) is 17.2 Å². The van der Waals surface area contributed by atoms with Gasteiger partial charge in [-0.15, -0.1) is 0 Å². The average molecular weight is 394 g/mol. The number of pyridine rings is 1. The fourth-order valence-corrected chi connectivity index (χ4v) is 4.59. The van der Waals surface area contributed by atoms with E-state index in [4.69, 9.17) is 5.73 Å². The molecule has 2 heterocycles. The van der Waals surface area contributed by atoms with Crippen molar-refractivity contribution in [1.29, 1.82) is 0 Å². The van der Waals surface area contributed by atoms with Gasteiger partial charge in [0.1, 0.15) is 5.69 Å². The number of aryl methyl sites for hydroxylation is 1. The maximum atomic E-state index is 12.6. The molecule has 0 unspecified atom stereocenters. The molecule has 152 valence electrons. The van der Waals surface area contributed by atoms with Gasteiger partial charge in [-0.1, -0.05) is 6.92 Å². The largest absolute Gasteiger partial charge is 0.373 e. The monoisotopic (exact) mass is 394 g/mol. The third-order valence-electron chi connectivity index (χ3n) is 6.15. The molecule has 0 saturated heterocycles. The molecule has 1 aliphatic heterocycles. The number of anilines is 2. The minimum Gasteiger partial charge on any atom is -0.373 e. The van der Waals surface area contributed by atoms with Crippen molar-refractivity contribution in [2.24, 2.45) is 24.6 Å². The van der Waals surface area contributed by atoms with Crippen molar-refractivity contribution in [1.82, 2.24) is 4.57 Å². The van der Waals surface area contributed by atoms with Crippen LogP contribution in [0, 0.1) is 11.8 Å². The fraction of sp³-hybridized carbons (Fsp3) is 0.409. The molecule has 2 amide bonds. The van der Waals surface area contributed by atoms with E-state index in [1.165, 1.54) is 4.57 Å². The third kappa shape index (κ3) is 3.30. The molecule has 2 aromatic rings. The smallest absolute Gasteiger partial charge is 0.273 e. The lowest BCUT2D eigenvalue weighted by atomic mass is 9.79. The summed E-state index contributed by atoms with van der Waals surface area (Å²) in [5.74, 6) is -0.0443. The maximum absolute atomic E-state index is 12.6. The molecule has 2 aliphatic rings. The first-order chi connectivity index (χ1) is 13.8. The average Bonchev–Trinajstić information content (AvgIpc) is 3.51. The molecule has 0 spiro atoms. The van der Waals surface area contributed by atoms with Gasteiger partial charge in [0.15, 0.2) is 0 Å². The van der Waals surface area contributed by atoms with E-state index in [1.807, 2.05) is 11.0 Å². The van der Waals surface area contributed by atoms with Crippen LogP contribution in [0.15, 0.2) is 41.3 Å². The quantitative estimate of drug-likeness (QED) is 0.832. The zero-order valence-electron chi connectivity index (χ0n) is 16.9. The zero-order valence-corrected chi connectivity index (χ0v) is 16.9. The summed E-state index contributed by atoms with van der Waals surface area (Å²) in [4.78, 5) is 38.9. The Labute approximate surface area is 169 Å². The van der Waals surface area contributed by atoms with Gasteiger partial charge in [-0.2, -0.15) is 0 Å². The van der Waals surface area contributed by atoms with E-state index in [9.17, 15) is 14.4 Å². The summed E-state index contributed by atoms with van der Waals surface area (Å²) in [6.45, 7) is 3.68. The highest BCUT2D eigenvalue weighted by Crippen LogP contribution is 2.50. The van der Waals surface area contributed by atoms with Gasteiger partial charge < -0.3 is 20.5 Å². The molecule has 0 bridgehead atoms. The van der Waals surface area contributed by atoms with E-state index >= 15 is 0 Å². The number of nitrogens with zero attached hydrogens (tertiary/aromatic N) is 2. The Morgan fingerprint density at radius 1 is 1.21 bits per heavy atom. The molecule has 0 radical (unpaired) electrons. The molecule has 3 atom stereocenters. The molecule has 29 heavy (non-hydrogen) atoms. The van der Waals surface area contributed by atoms with E-state index in [1.54, 1.807) is 44.4 Å². The lowest BCUT2D eigenvalue weighted by Crippen LogP contribution is -2.51. The first-order valence-corrected chi connectivity index (χ1v) is 9.95. The number of aromatic nitrogens is 1. The molecule has 7 nitrogen and oxygen atoms in total. The molecular weight excluding hydrogens is 368 g/mol. The Kier molecular flexibility index (Phi) is 4.68. The number of primary amides is 1. The number of benzene rings is 1. The SMILES string of the molecule is CC(=O)N1c2ccc(C(N)=O)cc2[C@H](Nc2cccn(C)c2=O)[C@@H](C)[C@@H]1C1CC1. The number of hydrogen-bond acceptors (Lipinski definition) is 4. The van der Waals surface area contributed by atoms with Crippen LogP contribution in [0.4, 0.5) is 11.4 Å². The van der Waals surface area contributed by atoms with Crippen LogP contribution in [0.2, 0.25) is 0 Å². The first-order valence-electron chi connectivity index (χ1n) is 9.95. The number of rotatable bonds is 4. The van der Waals surface area contributed by atoms with Crippen molar-refractivity contribution in [3.8, 4) is 0 Å². The van der Waals surface area contributed by atoms with Crippen molar-refractivity contribution in [3.63, 3.8) is 0 Å². The van der Waals surface area contributed by atoms with Crippen LogP contribution in [0.5, 0.6) is 0 Å². The molecule has 1 aromatic carbocycles. The second-order valence-electron chi connectivity index (χ2n) is 8.17. The number of carbonyl (C=O) groups excluding carboxylic acids is 2. The van der Waals surface area contributed by atoms with Crippen LogP contribution in [0.1, 0.15) is 48.7 Å². The Morgan fingerprint density at radius 3 is 2.55 bits per heavy atom. The summed E-state index contributed by atoms with van der Waals surface area (Å²) < 4.78 is 1.52. The van der Waals surface area contributed by atoms with Crippen molar-refractivity contribution < 1.29 is 9.59 Å². The van der Waals surface area contributed by atoms with E-state index in [-0.39, 0.29) is 29.5 Å². The van der Waals surface area contributed by atoms with Gasteiger partial charge in [0.05, 0.1) is 6.04 Å². The van der Waals surface area contributed by atoms with Crippen molar-refractivity contribution in [2.75, 3.05) is 10.2 Å². The second-order valence-corrected chi connectivity index (χ2v) is 8.17. The molecule has 1 saturated carbocycles. The zero-order chi connectivity index (χ0) is 20.9. The van der Waals surface area contributed by atoms with Gasteiger partial charge in [0.25, 0.3) is 5.56 Å². The Morgan fingerprint density at radius 2 is 1.93 bits per heavy atom. The van der Waals surface area contributed by atoms with Gasteiger partial charge in [-0.25, -0.2) is 0 Å². The number of hydrogen-bond donors (Lipinski definition) is 2. The third-order valence-corrected chi connectivity index (χ3v) is 6.15. The Hall–Kier alpha value is -3.09. The first kappa shape index (κ1) is 19.2. The van der Waals surface area contributed by atoms with E-state index < -0.39 is 5.91 Å². The number of carbonyl (C=O) groups is 2. The molecule has 7 heteroatoms. The molecule has 4 rings (SSSR count). The molecule has 1 aromatic heterocycles. The second kappa shape index (κ2) is 7.06. The maximum Gasteiger partial charge on any atom is 0.273 e. The van der Waals surface area contributed by atoms with Crippen LogP contribution in [-0.4, -0.2) is 22.4 Å². The van der Waals surface area contributed by atoms with Gasteiger partial charge in [0, 0.05) is 43.4 Å². The van der Waals surface area contributed by atoms with Gasteiger partial charge >= 0.3 is 0 Å². The highest BCUT2D eigenvalue weighted by molar-refractivity contribution is 5.97. The summed E-state index contributed by atoms with van der Waals surface area (Å²) in [5, 5.41) is 3.41. The van der Waals surface area contributed by atoms with E-state index in [0.717, 1.165) is 24.1 Å².